The second-order valence-electron chi connectivity index (χ2n) is 7.71. The van der Waals surface area contributed by atoms with Crippen molar-refractivity contribution in [3.8, 4) is 0 Å². The predicted octanol–water partition coefficient (Wildman–Crippen LogP) is 0.962. The summed E-state index contributed by atoms with van der Waals surface area (Å²) in [4.78, 5) is 30.6. The number of amides is 2. The summed E-state index contributed by atoms with van der Waals surface area (Å²) in [6, 6.07) is 0. The zero-order chi connectivity index (χ0) is 19.1. The van der Waals surface area contributed by atoms with Crippen LogP contribution in [0.25, 0.3) is 0 Å². The summed E-state index contributed by atoms with van der Waals surface area (Å²) < 4.78 is 0. The van der Waals surface area contributed by atoms with Crippen LogP contribution in [-0.4, -0.2) is 63.5 Å². The number of aliphatic imine (C=N–C) groups is 1. The van der Waals surface area contributed by atoms with Gasteiger partial charge in [-0.2, -0.15) is 0 Å². The zero-order valence-corrected chi connectivity index (χ0v) is 16.7. The van der Waals surface area contributed by atoms with Crippen LogP contribution in [0.15, 0.2) is 4.99 Å². The van der Waals surface area contributed by atoms with Gasteiger partial charge < -0.3 is 20.9 Å². The number of carbonyl (C=O) groups excluding carboxylic acids is 2. The SMILES string of the molecule is CCNC(=O)C(C)(C)CNC(=NC)NCC1(C(=O)N(C)C)CCCC1. The lowest BCUT2D eigenvalue weighted by atomic mass is 9.84. The summed E-state index contributed by atoms with van der Waals surface area (Å²) in [7, 11) is 5.32. The number of guanidine groups is 1. The molecule has 0 bridgehead atoms. The Hall–Kier alpha value is -1.79. The fourth-order valence-corrected chi connectivity index (χ4v) is 3.25. The van der Waals surface area contributed by atoms with Crippen LogP contribution in [0.5, 0.6) is 0 Å². The Morgan fingerprint density at radius 2 is 1.72 bits per heavy atom. The van der Waals surface area contributed by atoms with Crippen molar-refractivity contribution in [2.45, 2.75) is 46.5 Å². The molecule has 0 atom stereocenters. The largest absolute Gasteiger partial charge is 0.356 e. The molecule has 0 unspecified atom stereocenters. The maximum absolute atomic E-state index is 12.6. The minimum atomic E-state index is -0.544. The minimum absolute atomic E-state index is 0.00741. The molecule has 0 radical (unpaired) electrons. The zero-order valence-electron chi connectivity index (χ0n) is 16.7. The highest BCUT2D eigenvalue weighted by atomic mass is 16.2. The minimum Gasteiger partial charge on any atom is -0.356 e. The Morgan fingerprint density at radius 1 is 1.12 bits per heavy atom. The van der Waals surface area contributed by atoms with E-state index in [1.807, 2.05) is 34.9 Å². The van der Waals surface area contributed by atoms with Gasteiger partial charge in [0.2, 0.25) is 11.8 Å². The van der Waals surface area contributed by atoms with E-state index < -0.39 is 5.41 Å². The smallest absolute Gasteiger partial charge is 0.230 e. The van der Waals surface area contributed by atoms with E-state index in [9.17, 15) is 9.59 Å². The molecule has 144 valence electrons. The molecule has 25 heavy (non-hydrogen) atoms. The topological polar surface area (TPSA) is 85.8 Å². The average Bonchev–Trinajstić information content (AvgIpc) is 3.04. The predicted molar refractivity (Wildman–Crippen MR) is 101 cm³/mol. The lowest BCUT2D eigenvalue weighted by Gasteiger charge is -2.32. The molecule has 0 aromatic carbocycles. The Bertz CT molecular complexity index is 494. The molecular formula is C18H35N5O2. The highest BCUT2D eigenvalue weighted by molar-refractivity contribution is 5.86. The lowest BCUT2D eigenvalue weighted by molar-refractivity contribution is -0.138. The van der Waals surface area contributed by atoms with Crippen molar-refractivity contribution in [3.05, 3.63) is 0 Å². The van der Waals surface area contributed by atoms with Gasteiger partial charge in [0, 0.05) is 40.8 Å². The summed E-state index contributed by atoms with van der Waals surface area (Å²) in [5, 5.41) is 9.35. The molecular weight excluding hydrogens is 318 g/mol. The highest BCUT2D eigenvalue weighted by Gasteiger charge is 2.42. The van der Waals surface area contributed by atoms with Gasteiger partial charge in [-0.1, -0.05) is 12.8 Å². The molecule has 0 spiro atoms. The third-order valence-corrected chi connectivity index (χ3v) is 4.89. The number of hydrogen-bond acceptors (Lipinski definition) is 3. The molecule has 1 fully saturated rings. The molecule has 0 saturated heterocycles. The molecule has 0 aliphatic heterocycles. The molecule has 7 nitrogen and oxygen atoms in total. The third kappa shape index (κ3) is 5.61. The molecule has 7 heteroatoms. The van der Waals surface area contributed by atoms with Gasteiger partial charge in [-0.05, 0) is 33.6 Å². The Balaban J connectivity index is 2.64. The van der Waals surface area contributed by atoms with Gasteiger partial charge in [0.05, 0.1) is 10.8 Å². The molecule has 0 aromatic heterocycles. The van der Waals surface area contributed by atoms with Gasteiger partial charge in [-0.25, -0.2) is 0 Å². The summed E-state index contributed by atoms with van der Waals surface area (Å²) in [6.07, 6.45) is 3.96. The first kappa shape index (κ1) is 21.3. The van der Waals surface area contributed by atoms with Crippen LogP contribution >= 0.6 is 0 Å². The molecule has 1 aliphatic rings. The number of nitrogens with one attached hydrogen (secondary N) is 3. The Morgan fingerprint density at radius 3 is 2.20 bits per heavy atom. The van der Waals surface area contributed by atoms with Crippen LogP contribution in [0.4, 0.5) is 0 Å². The van der Waals surface area contributed by atoms with Gasteiger partial charge >= 0.3 is 0 Å². The Kier molecular flexibility index (Phi) is 7.70. The summed E-state index contributed by atoms with van der Waals surface area (Å²) in [6.45, 7) is 7.34. The van der Waals surface area contributed by atoms with Crippen molar-refractivity contribution in [3.63, 3.8) is 0 Å². The number of rotatable bonds is 7. The number of nitrogens with zero attached hydrogens (tertiary/aromatic N) is 2. The number of hydrogen-bond donors (Lipinski definition) is 3. The molecule has 1 saturated carbocycles. The van der Waals surface area contributed by atoms with Gasteiger partial charge in [-0.3, -0.25) is 14.6 Å². The summed E-state index contributed by atoms with van der Waals surface area (Å²) in [5.74, 6) is 0.804. The van der Waals surface area contributed by atoms with E-state index in [0.29, 0.717) is 25.6 Å². The van der Waals surface area contributed by atoms with E-state index in [1.165, 1.54) is 0 Å². The highest BCUT2D eigenvalue weighted by Crippen LogP contribution is 2.38. The van der Waals surface area contributed by atoms with Crippen LogP contribution < -0.4 is 16.0 Å². The normalized spacial score (nSPS) is 17.1. The quantitative estimate of drug-likeness (QED) is 0.470. The average molecular weight is 354 g/mol. The first-order valence-corrected chi connectivity index (χ1v) is 9.13. The fraction of sp³-hybridized carbons (Fsp3) is 0.833. The van der Waals surface area contributed by atoms with Crippen molar-refractivity contribution in [1.82, 2.24) is 20.9 Å². The molecule has 0 heterocycles. The van der Waals surface area contributed by atoms with E-state index in [-0.39, 0.29) is 17.2 Å². The van der Waals surface area contributed by atoms with Crippen LogP contribution in [-0.2, 0) is 9.59 Å². The second-order valence-corrected chi connectivity index (χ2v) is 7.71. The van der Waals surface area contributed by atoms with Crippen molar-refractivity contribution in [1.29, 1.82) is 0 Å². The van der Waals surface area contributed by atoms with Crippen molar-refractivity contribution < 1.29 is 9.59 Å². The van der Waals surface area contributed by atoms with E-state index in [1.54, 1.807) is 11.9 Å². The van der Waals surface area contributed by atoms with E-state index in [0.717, 1.165) is 25.7 Å². The van der Waals surface area contributed by atoms with Crippen molar-refractivity contribution in [2.24, 2.45) is 15.8 Å². The molecule has 1 aliphatic carbocycles. The first-order valence-electron chi connectivity index (χ1n) is 9.13. The van der Waals surface area contributed by atoms with Crippen LogP contribution in [0.3, 0.4) is 0 Å². The number of carbonyl (C=O) groups is 2. The second kappa shape index (κ2) is 9.06. The van der Waals surface area contributed by atoms with E-state index in [2.05, 4.69) is 20.9 Å². The van der Waals surface area contributed by atoms with E-state index >= 15 is 0 Å². The van der Waals surface area contributed by atoms with Gasteiger partial charge in [-0.15, -0.1) is 0 Å². The molecule has 0 aromatic rings. The maximum atomic E-state index is 12.6. The molecule has 2 amide bonds. The summed E-state index contributed by atoms with van der Waals surface area (Å²) >= 11 is 0. The molecule has 1 rings (SSSR count). The molecule has 3 N–H and O–H groups in total. The van der Waals surface area contributed by atoms with Crippen molar-refractivity contribution >= 4 is 17.8 Å². The standard InChI is InChI=1S/C18H35N5O2/c1-7-20-14(24)17(2,3)12-21-16(19-4)22-13-18(10-8-9-11-18)15(25)23(5)6/h7-13H2,1-6H3,(H,20,24)(H2,19,21,22). The van der Waals surface area contributed by atoms with Gasteiger partial charge in [0.25, 0.3) is 0 Å². The Labute approximate surface area is 152 Å². The summed E-state index contributed by atoms with van der Waals surface area (Å²) in [5.41, 5.74) is -0.894. The van der Waals surface area contributed by atoms with Crippen LogP contribution in [0, 0.1) is 10.8 Å². The maximum Gasteiger partial charge on any atom is 0.230 e. The van der Waals surface area contributed by atoms with Crippen LogP contribution in [0.2, 0.25) is 0 Å². The van der Waals surface area contributed by atoms with Crippen LogP contribution in [0.1, 0.15) is 46.5 Å². The van der Waals surface area contributed by atoms with Crippen molar-refractivity contribution in [2.75, 3.05) is 40.8 Å². The van der Waals surface area contributed by atoms with Gasteiger partial charge in [0.1, 0.15) is 0 Å². The fourth-order valence-electron chi connectivity index (χ4n) is 3.25. The monoisotopic (exact) mass is 353 g/mol. The van der Waals surface area contributed by atoms with E-state index in [4.69, 9.17) is 0 Å². The van der Waals surface area contributed by atoms with Gasteiger partial charge in [0.15, 0.2) is 5.96 Å². The lowest BCUT2D eigenvalue weighted by Crippen LogP contribution is -2.51. The first-order chi connectivity index (χ1) is 11.7. The third-order valence-electron chi connectivity index (χ3n) is 4.89.